The Hall–Kier alpha value is -1.94. The van der Waals surface area contributed by atoms with Gasteiger partial charge in [-0.3, -0.25) is 4.79 Å². The molecule has 0 radical (unpaired) electrons. The summed E-state index contributed by atoms with van der Waals surface area (Å²) in [6, 6.07) is 8.51. The van der Waals surface area contributed by atoms with E-state index < -0.39 is 0 Å². The van der Waals surface area contributed by atoms with Crippen LogP contribution in [0.1, 0.15) is 48.1 Å². The molecule has 1 aromatic heterocycles. The summed E-state index contributed by atoms with van der Waals surface area (Å²) in [5, 5.41) is 3.39. The largest absolute Gasteiger partial charge is 0.310 e. The Morgan fingerprint density at radius 3 is 2.38 bits per heavy atom. The number of aromatic nitrogens is 2. The van der Waals surface area contributed by atoms with Crippen LogP contribution < -0.4 is 10.9 Å². The molecule has 4 heteroatoms. The Balaban J connectivity index is 2.08. The zero-order valence-corrected chi connectivity index (χ0v) is 13.2. The normalized spacial score (nSPS) is 12.4. The molecule has 1 aromatic carbocycles. The molecule has 21 heavy (non-hydrogen) atoms. The number of aryl methyl sites for hydroxylation is 3. The molecule has 112 valence electrons. The molecule has 2 aromatic rings. The number of nitrogens with zero attached hydrogens (tertiary/aromatic N) is 1. The molecule has 0 spiro atoms. The van der Waals surface area contributed by atoms with E-state index in [0.717, 1.165) is 18.7 Å². The lowest BCUT2D eigenvalue weighted by Gasteiger charge is -2.15. The van der Waals surface area contributed by atoms with Crippen LogP contribution in [0.25, 0.3) is 0 Å². The molecule has 4 nitrogen and oxygen atoms in total. The minimum Gasteiger partial charge on any atom is -0.310 e. The molecule has 0 aliphatic heterocycles. The van der Waals surface area contributed by atoms with E-state index in [0.29, 0.717) is 11.4 Å². The van der Waals surface area contributed by atoms with E-state index in [1.165, 1.54) is 11.1 Å². The molecule has 0 aliphatic rings. The Morgan fingerprint density at radius 2 is 1.81 bits per heavy atom. The monoisotopic (exact) mass is 285 g/mol. The van der Waals surface area contributed by atoms with Gasteiger partial charge in [-0.1, -0.05) is 31.2 Å². The minimum absolute atomic E-state index is 0.0345. The Bertz CT molecular complexity index is 659. The third-order valence-corrected chi connectivity index (χ3v) is 3.74. The van der Waals surface area contributed by atoms with Crippen LogP contribution in [0.2, 0.25) is 0 Å². The van der Waals surface area contributed by atoms with Crippen LogP contribution in [0.15, 0.2) is 29.1 Å². The van der Waals surface area contributed by atoms with Gasteiger partial charge < -0.3 is 10.3 Å². The first-order valence-corrected chi connectivity index (χ1v) is 7.40. The molecule has 0 bridgehead atoms. The number of hydrogen-bond donors (Lipinski definition) is 2. The van der Waals surface area contributed by atoms with E-state index in [2.05, 4.69) is 46.5 Å². The van der Waals surface area contributed by atoms with Gasteiger partial charge in [0, 0.05) is 18.3 Å². The van der Waals surface area contributed by atoms with Crippen molar-refractivity contribution in [2.45, 2.75) is 46.7 Å². The van der Waals surface area contributed by atoms with Crippen LogP contribution >= 0.6 is 0 Å². The fourth-order valence-corrected chi connectivity index (χ4v) is 2.51. The van der Waals surface area contributed by atoms with Gasteiger partial charge in [-0.25, -0.2) is 4.98 Å². The third kappa shape index (κ3) is 3.79. The maximum absolute atomic E-state index is 12.1. The molecule has 0 aliphatic carbocycles. The van der Waals surface area contributed by atoms with Crippen molar-refractivity contribution < 1.29 is 0 Å². The van der Waals surface area contributed by atoms with Crippen LogP contribution in [-0.4, -0.2) is 9.97 Å². The summed E-state index contributed by atoms with van der Waals surface area (Å²) in [4.78, 5) is 19.2. The number of benzene rings is 1. The summed E-state index contributed by atoms with van der Waals surface area (Å²) in [6.07, 6.45) is 1.05. The first-order valence-electron chi connectivity index (χ1n) is 7.40. The van der Waals surface area contributed by atoms with Gasteiger partial charge in [0.2, 0.25) is 0 Å². The Labute approximate surface area is 125 Å². The quantitative estimate of drug-likeness (QED) is 0.888. The number of nitrogens with one attached hydrogen (secondary N) is 2. The fraction of sp³-hybridized carbons (Fsp3) is 0.412. The lowest BCUT2D eigenvalue weighted by molar-refractivity contribution is 0.562. The van der Waals surface area contributed by atoms with E-state index in [4.69, 9.17) is 0 Å². The van der Waals surface area contributed by atoms with Crippen LogP contribution in [0, 0.1) is 13.8 Å². The number of H-pyrrole nitrogens is 1. The molecule has 0 saturated carbocycles. The van der Waals surface area contributed by atoms with Crippen molar-refractivity contribution in [2.75, 3.05) is 0 Å². The maximum atomic E-state index is 12.1. The summed E-state index contributed by atoms with van der Waals surface area (Å²) in [5.74, 6) is 0.656. The molecule has 2 N–H and O–H groups in total. The predicted octanol–water partition coefficient (Wildman–Crippen LogP) is 2.80. The zero-order chi connectivity index (χ0) is 15.4. The van der Waals surface area contributed by atoms with Gasteiger partial charge in [-0.05, 0) is 38.3 Å². The third-order valence-electron chi connectivity index (χ3n) is 3.74. The van der Waals surface area contributed by atoms with Gasteiger partial charge in [0.1, 0.15) is 5.82 Å². The van der Waals surface area contributed by atoms with E-state index in [9.17, 15) is 4.79 Å². The predicted molar refractivity (Wildman–Crippen MR) is 85.4 cm³/mol. The molecule has 0 fully saturated rings. The summed E-state index contributed by atoms with van der Waals surface area (Å²) >= 11 is 0. The van der Waals surface area contributed by atoms with Crippen LogP contribution in [0.5, 0.6) is 0 Å². The number of rotatable bonds is 5. The van der Waals surface area contributed by atoms with Crippen molar-refractivity contribution >= 4 is 0 Å². The Morgan fingerprint density at radius 1 is 1.19 bits per heavy atom. The molecule has 0 saturated heterocycles. The van der Waals surface area contributed by atoms with Crippen LogP contribution in [0.3, 0.4) is 0 Å². The van der Waals surface area contributed by atoms with Gasteiger partial charge in [0.15, 0.2) is 0 Å². The van der Waals surface area contributed by atoms with Crippen molar-refractivity contribution in [3.05, 3.63) is 62.8 Å². The maximum Gasteiger partial charge on any atom is 0.255 e. The lowest BCUT2D eigenvalue weighted by Crippen LogP contribution is -2.27. The highest BCUT2D eigenvalue weighted by molar-refractivity contribution is 5.23. The smallest absolute Gasteiger partial charge is 0.255 e. The highest BCUT2D eigenvalue weighted by Gasteiger charge is 2.14. The average molecular weight is 285 g/mol. The highest BCUT2D eigenvalue weighted by Crippen LogP contribution is 2.12. The zero-order valence-electron chi connectivity index (χ0n) is 13.2. The van der Waals surface area contributed by atoms with Gasteiger partial charge in [0.25, 0.3) is 5.56 Å². The molecule has 2 rings (SSSR count). The molecule has 0 amide bonds. The minimum atomic E-state index is -0.0543. The van der Waals surface area contributed by atoms with Gasteiger partial charge in [-0.2, -0.15) is 0 Å². The van der Waals surface area contributed by atoms with Crippen molar-refractivity contribution in [1.29, 1.82) is 0 Å². The molecular formula is C17H23N3O. The summed E-state index contributed by atoms with van der Waals surface area (Å²) < 4.78 is 0. The van der Waals surface area contributed by atoms with Crippen LogP contribution in [0.4, 0.5) is 0 Å². The summed E-state index contributed by atoms with van der Waals surface area (Å²) in [6.45, 7) is 8.55. The van der Waals surface area contributed by atoms with E-state index in [1.807, 2.05) is 13.8 Å². The second-order valence-corrected chi connectivity index (χ2v) is 5.42. The first-order chi connectivity index (χ1) is 10.0. The summed E-state index contributed by atoms with van der Waals surface area (Å²) in [7, 11) is 0. The second kappa shape index (κ2) is 6.68. The van der Waals surface area contributed by atoms with Crippen LogP contribution in [-0.2, 0) is 13.0 Å². The van der Waals surface area contributed by atoms with Gasteiger partial charge in [-0.15, -0.1) is 0 Å². The molecule has 1 unspecified atom stereocenters. The standard InChI is InChI=1S/C17H23N3O/c1-5-14-6-8-15(9-7-14)10-18-11(2)16-12(3)19-13(4)20-17(16)21/h6-9,11,18H,5,10H2,1-4H3,(H,19,20,21). The second-order valence-electron chi connectivity index (χ2n) is 5.42. The fourth-order valence-electron chi connectivity index (χ4n) is 2.51. The van der Waals surface area contributed by atoms with Crippen molar-refractivity contribution in [2.24, 2.45) is 0 Å². The van der Waals surface area contributed by atoms with E-state index in [-0.39, 0.29) is 11.6 Å². The highest BCUT2D eigenvalue weighted by atomic mass is 16.1. The van der Waals surface area contributed by atoms with E-state index in [1.54, 1.807) is 6.92 Å². The Kier molecular flexibility index (Phi) is 4.91. The van der Waals surface area contributed by atoms with Crippen molar-refractivity contribution in [3.63, 3.8) is 0 Å². The SMILES string of the molecule is CCc1ccc(CNC(C)c2c(C)nc(C)[nH]c2=O)cc1. The molecular weight excluding hydrogens is 262 g/mol. The van der Waals surface area contributed by atoms with Crippen molar-refractivity contribution in [3.8, 4) is 0 Å². The van der Waals surface area contributed by atoms with Gasteiger partial charge in [0.05, 0.1) is 5.56 Å². The summed E-state index contributed by atoms with van der Waals surface area (Å²) in [5.41, 5.74) is 4.00. The van der Waals surface area contributed by atoms with Crippen molar-refractivity contribution in [1.82, 2.24) is 15.3 Å². The first kappa shape index (κ1) is 15.4. The topological polar surface area (TPSA) is 57.8 Å². The number of aromatic amines is 1. The number of hydrogen-bond acceptors (Lipinski definition) is 3. The molecule has 1 atom stereocenters. The molecule has 1 heterocycles. The average Bonchev–Trinajstić information content (AvgIpc) is 2.44. The van der Waals surface area contributed by atoms with E-state index >= 15 is 0 Å². The lowest BCUT2D eigenvalue weighted by atomic mass is 10.1. The van der Waals surface area contributed by atoms with Gasteiger partial charge >= 0.3 is 0 Å².